The minimum atomic E-state index is -3.82. The highest BCUT2D eigenvalue weighted by atomic mass is 32.2. The van der Waals surface area contributed by atoms with Crippen LogP contribution < -0.4 is 0 Å². The molecule has 1 aliphatic heterocycles. The Bertz CT molecular complexity index is 936. The third kappa shape index (κ3) is 3.29. The van der Waals surface area contributed by atoms with Gasteiger partial charge in [0.15, 0.2) is 0 Å². The van der Waals surface area contributed by atoms with E-state index in [2.05, 4.69) is 10.2 Å². The van der Waals surface area contributed by atoms with E-state index in [1.54, 1.807) is 17.6 Å². The maximum atomic E-state index is 12.9. The van der Waals surface area contributed by atoms with Crippen molar-refractivity contribution in [1.82, 2.24) is 19.1 Å². The van der Waals surface area contributed by atoms with E-state index in [9.17, 15) is 18.3 Å². The van der Waals surface area contributed by atoms with E-state index in [-0.39, 0.29) is 18.8 Å². The topological polar surface area (TPSA) is 105 Å². The van der Waals surface area contributed by atoms with Crippen LogP contribution >= 0.6 is 0 Å². The fourth-order valence-corrected chi connectivity index (χ4v) is 4.60. The van der Waals surface area contributed by atoms with Crippen LogP contribution in [0.3, 0.4) is 0 Å². The van der Waals surface area contributed by atoms with Crippen LogP contribution in [0, 0.1) is 20.8 Å². The molecule has 0 saturated heterocycles. The van der Waals surface area contributed by atoms with Gasteiger partial charge in [-0.3, -0.25) is 4.79 Å². The zero-order valence-corrected chi connectivity index (χ0v) is 15.1. The van der Waals surface area contributed by atoms with Gasteiger partial charge in [0.25, 0.3) is 0 Å². The summed E-state index contributed by atoms with van der Waals surface area (Å²) in [5.41, 5.74) is 2.71. The molecule has 0 fully saturated rings. The molecule has 1 unspecified atom stereocenters. The van der Waals surface area contributed by atoms with Crippen LogP contribution in [0.15, 0.2) is 18.2 Å². The van der Waals surface area contributed by atoms with Gasteiger partial charge in [0.05, 0.1) is 18.8 Å². The summed E-state index contributed by atoms with van der Waals surface area (Å²) < 4.78 is 28.5. The van der Waals surface area contributed by atoms with E-state index in [1.165, 1.54) is 0 Å². The number of aromatic nitrogens is 3. The number of carbonyl (C=O) groups is 1. The second kappa shape index (κ2) is 6.23. The number of nitrogens with zero attached hydrogens (tertiary/aromatic N) is 4. The Kier molecular flexibility index (Phi) is 4.38. The van der Waals surface area contributed by atoms with Crippen molar-refractivity contribution in [3.63, 3.8) is 0 Å². The van der Waals surface area contributed by atoms with Crippen molar-refractivity contribution in [2.24, 2.45) is 0 Å². The van der Waals surface area contributed by atoms with E-state index in [0.717, 1.165) is 15.4 Å². The summed E-state index contributed by atoms with van der Waals surface area (Å²) in [5, 5.41) is 17.4. The zero-order valence-electron chi connectivity index (χ0n) is 14.3. The molecule has 1 atom stereocenters. The lowest BCUT2D eigenvalue weighted by molar-refractivity contribution is -0.142. The third-order valence-corrected chi connectivity index (χ3v) is 6.37. The van der Waals surface area contributed by atoms with Crippen molar-refractivity contribution < 1.29 is 18.3 Å². The van der Waals surface area contributed by atoms with Gasteiger partial charge in [0.1, 0.15) is 17.7 Å². The summed E-state index contributed by atoms with van der Waals surface area (Å²) in [5.74, 6) is -0.390. The van der Waals surface area contributed by atoms with Gasteiger partial charge in [-0.15, -0.1) is 10.2 Å². The number of sulfonamides is 1. The van der Waals surface area contributed by atoms with E-state index in [1.807, 2.05) is 26.0 Å². The molecule has 1 aromatic carbocycles. The maximum absolute atomic E-state index is 12.9. The molecule has 9 heteroatoms. The number of hydrogen-bond acceptors (Lipinski definition) is 5. The Morgan fingerprint density at radius 1 is 1.24 bits per heavy atom. The highest BCUT2D eigenvalue weighted by Gasteiger charge is 2.40. The molecule has 3 rings (SSSR count). The fourth-order valence-electron chi connectivity index (χ4n) is 2.97. The molecule has 0 saturated carbocycles. The lowest BCUT2D eigenvalue weighted by Crippen LogP contribution is -2.51. The highest BCUT2D eigenvalue weighted by Crippen LogP contribution is 2.24. The molecular weight excluding hydrogens is 344 g/mol. The van der Waals surface area contributed by atoms with Crippen molar-refractivity contribution in [1.29, 1.82) is 0 Å². The number of carboxylic acid groups (broad SMARTS) is 1. The molecule has 2 heterocycles. The summed E-state index contributed by atoms with van der Waals surface area (Å²) in [6.45, 7) is 5.50. The fraction of sp³-hybridized carbons (Fsp3) is 0.438. The average Bonchev–Trinajstić information content (AvgIpc) is 2.90. The lowest BCUT2D eigenvalue weighted by atomic mass is 10.1. The van der Waals surface area contributed by atoms with E-state index < -0.39 is 22.0 Å². The summed E-state index contributed by atoms with van der Waals surface area (Å²) in [6, 6.07) is 4.27. The first-order chi connectivity index (χ1) is 11.7. The van der Waals surface area contributed by atoms with Gasteiger partial charge in [-0.2, -0.15) is 4.31 Å². The SMILES string of the molecule is Cc1ccc(CS(=O)(=O)N2Cc3nnc(C)n3CC2C(=O)O)cc1C. The second-order valence-electron chi connectivity index (χ2n) is 6.35. The van der Waals surface area contributed by atoms with Crippen LogP contribution in [0.25, 0.3) is 0 Å². The standard InChI is InChI=1S/C16H20N4O4S/c1-10-4-5-13(6-11(10)2)9-25(23,24)20-8-15-18-17-12(3)19(15)7-14(20)16(21)22/h4-6,14H,7-9H2,1-3H3,(H,21,22). The number of benzene rings is 1. The number of aryl methyl sites for hydroxylation is 3. The number of fused-ring (bicyclic) bond motifs is 1. The molecule has 0 aliphatic carbocycles. The minimum absolute atomic E-state index is 0.00958. The van der Waals surface area contributed by atoms with E-state index >= 15 is 0 Å². The Hall–Kier alpha value is -2.26. The Morgan fingerprint density at radius 3 is 2.60 bits per heavy atom. The minimum Gasteiger partial charge on any atom is -0.480 e. The van der Waals surface area contributed by atoms with Gasteiger partial charge in [0.2, 0.25) is 10.0 Å². The van der Waals surface area contributed by atoms with Crippen LogP contribution in [0.2, 0.25) is 0 Å². The smallest absolute Gasteiger partial charge is 0.323 e. The van der Waals surface area contributed by atoms with E-state index in [0.29, 0.717) is 17.2 Å². The lowest BCUT2D eigenvalue weighted by Gasteiger charge is -2.32. The van der Waals surface area contributed by atoms with Gasteiger partial charge >= 0.3 is 5.97 Å². The zero-order chi connectivity index (χ0) is 18.4. The molecule has 0 amide bonds. The first kappa shape index (κ1) is 17.6. The van der Waals surface area contributed by atoms with Crippen LogP contribution in [0.5, 0.6) is 0 Å². The normalized spacial score (nSPS) is 18.1. The molecule has 1 N–H and O–H groups in total. The third-order valence-electron chi connectivity index (χ3n) is 4.58. The largest absolute Gasteiger partial charge is 0.480 e. The maximum Gasteiger partial charge on any atom is 0.323 e. The van der Waals surface area contributed by atoms with Gasteiger partial charge in [-0.05, 0) is 37.5 Å². The summed E-state index contributed by atoms with van der Waals surface area (Å²) in [7, 11) is -3.82. The summed E-state index contributed by atoms with van der Waals surface area (Å²) in [4.78, 5) is 11.6. The van der Waals surface area contributed by atoms with Gasteiger partial charge in [-0.25, -0.2) is 8.42 Å². The molecule has 2 aromatic rings. The molecule has 1 aromatic heterocycles. The van der Waals surface area contributed by atoms with Gasteiger partial charge in [0, 0.05) is 0 Å². The first-order valence-electron chi connectivity index (χ1n) is 7.86. The van der Waals surface area contributed by atoms with Gasteiger partial charge in [-0.1, -0.05) is 18.2 Å². The average molecular weight is 364 g/mol. The number of rotatable bonds is 4. The molecule has 1 aliphatic rings. The molecule has 8 nitrogen and oxygen atoms in total. The van der Waals surface area contributed by atoms with Crippen molar-refractivity contribution >= 4 is 16.0 Å². The van der Waals surface area contributed by atoms with E-state index in [4.69, 9.17) is 0 Å². The highest BCUT2D eigenvalue weighted by molar-refractivity contribution is 7.88. The first-order valence-corrected chi connectivity index (χ1v) is 9.47. The van der Waals surface area contributed by atoms with Crippen LogP contribution in [0.4, 0.5) is 0 Å². The van der Waals surface area contributed by atoms with Crippen LogP contribution in [-0.4, -0.2) is 44.6 Å². The molecule has 0 radical (unpaired) electrons. The summed E-state index contributed by atoms with van der Waals surface area (Å²) >= 11 is 0. The molecule has 0 spiro atoms. The number of hydrogen-bond donors (Lipinski definition) is 1. The van der Waals surface area contributed by atoms with Crippen LogP contribution in [0.1, 0.15) is 28.3 Å². The Balaban J connectivity index is 1.94. The summed E-state index contributed by atoms with van der Waals surface area (Å²) in [6.07, 6.45) is 0. The predicted octanol–water partition coefficient (Wildman–Crippen LogP) is 1.00. The monoisotopic (exact) mass is 364 g/mol. The van der Waals surface area contributed by atoms with Crippen molar-refractivity contribution in [2.45, 2.75) is 45.7 Å². The molecule has 134 valence electrons. The molecule has 25 heavy (non-hydrogen) atoms. The predicted molar refractivity (Wildman–Crippen MR) is 90.3 cm³/mol. The molecule has 0 bridgehead atoms. The molecular formula is C16H20N4O4S. The number of carboxylic acids is 1. The second-order valence-corrected chi connectivity index (χ2v) is 8.27. The Morgan fingerprint density at radius 2 is 1.96 bits per heavy atom. The van der Waals surface area contributed by atoms with Crippen LogP contribution in [-0.2, 0) is 33.7 Å². The van der Waals surface area contributed by atoms with Crippen molar-refractivity contribution in [3.8, 4) is 0 Å². The van der Waals surface area contributed by atoms with Crippen molar-refractivity contribution in [3.05, 3.63) is 46.5 Å². The number of aliphatic carboxylic acids is 1. The van der Waals surface area contributed by atoms with Crippen molar-refractivity contribution in [2.75, 3.05) is 0 Å². The quantitative estimate of drug-likeness (QED) is 0.868. The van der Waals surface area contributed by atoms with Gasteiger partial charge < -0.3 is 9.67 Å². The Labute approximate surface area is 146 Å².